The van der Waals surface area contributed by atoms with Crippen molar-refractivity contribution in [2.24, 2.45) is 4.99 Å². The molecule has 1 saturated carbocycles. The molecule has 0 radical (unpaired) electrons. The maximum atomic E-state index is 12.9. The minimum atomic E-state index is -2.62. The van der Waals surface area contributed by atoms with E-state index in [2.05, 4.69) is 20.6 Å². The van der Waals surface area contributed by atoms with Crippen molar-refractivity contribution in [3.8, 4) is 0 Å². The van der Waals surface area contributed by atoms with Crippen molar-refractivity contribution >= 4 is 40.7 Å². The predicted molar refractivity (Wildman–Crippen MR) is 112 cm³/mol. The molecule has 150 valence electrons. The van der Waals surface area contributed by atoms with Crippen LogP contribution in [0.4, 0.5) is 8.78 Å². The first-order chi connectivity index (χ1) is 12.0. The van der Waals surface area contributed by atoms with Crippen molar-refractivity contribution in [2.75, 3.05) is 12.3 Å². The largest absolute Gasteiger partial charge is 0.357 e. The Hall–Kier alpha value is -0.780. The van der Waals surface area contributed by atoms with E-state index >= 15 is 0 Å². The van der Waals surface area contributed by atoms with E-state index in [0.717, 1.165) is 30.3 Å². The van der Waals surface area contributed by atoms with Gasteiger partial charge in [0.15, 0.2) is 5.96 Å². The molecule has 1 heterocycles. The molecule has 3 atom stereocenters. The average molecular weight is 503 g/mol. The van der Waals surface area contributed by atoms with Crippen LogP contribution in [0.3, 0.4) is 0 Å². The van der Waals surface area contributed by atoms with Gasteiger partial charge in [-0.05, 0) is 26.2 Å². The van der Waals surface area contributed by atoms with Crippen LogP contribution in [0.15, 0.2) is 17.4 Å². The van der Waals surface area contributed by atoms with Crippen LogP contribution >= 0.6 is 24.0 Å². The number of nitrogens with zero attached hydrogens (tertiary/aromatic N) is 3. The molecule has 2 rings (SSSR count). The van der Waals surface area contributed by atoms with Gasteiger partial charge in [-0.2, -0.15) is 8.78 Å². The van der Waals surface area contributed by atoms with Crippen LogP contribution in [0, 0.1) is 0 Å². The highest BCUT2D eigenvalue weighted by Gasteiger charge is 2.26. The van der Waals surface area contributed by atoms with Crippen LogP contribution < -0.4 is 10.6 Å². The second-order valence-electron chi connectivity index (χ2n) is 6.02. The van der Waals surface area contributed by atoms with E-state index in [0.29, 0.717) is 18.3 Å². The maximum absolute atomic E-state index is 12.9. The van der Waals surface area contributed by atoms with Gasteiger partial charge in [0, 0.05) is 46.8 Å². The second kappa shape index (κ2) is 11.8. The normalized spacial score (nSPS) is 22.0. The first kappa shape index (κ1) is 23.3. The lowest BCUT2D eigenvalue weighted by Gasteiger charge is -2.30. The number of hydrogen-bond donors (Lipinski definition) is 2. The third kappa shape index (κ3) is 6.75. The monoisotopic (exact) mass is 503 g/mol. The summed E-state index contributed by atoms with van der Waals surface area (Å²) in [4.78, 5) is 8.33. The van der Waals surface area contributed by atoms with E-state index in [-0.39, 0.29) is 47.6 Å². The number of guanidine groups is 1. The Morgan fingerprint density at radius 3 is 2.88 bits per heavy atom. The molecule has 6 nitrogen and oxygen atoms in total. The molecular weight excluding hydrogens is 475 g/mol. The molecule has 0 amide bonds. The number of imidazole rings is 1. The van der Waals surface area contributed by atoms with Crippen molar-refractivity contribution in [1.82, 2.24) is 20.2 Å². The number of rotatable bonds is 7. The Morgan fingerprint density at radius 1 is 1.46 bits per heavy atom. The fraction of sp³-hybridized carbons (Fsp3) is 0.750. The molecule has 10 heteroatoms. The number of nitrogens with one attached hydrogen (secondary N) is 2. The van der Waals surface area contributed by atoms with E-state index < -0.39 is 17.3 Å². The summed E-state index contributed by atoms with van der Waals surface area (Å²) in [7, 11) is -0.786. The van der Waals surface area contributed by atoms with Crippen molar-refractivity contribution in [3.63, 3.8) is 0 Å². The minimum absolute atomic E-state index is 0. The second-order valence-corrected chi connectivity index (χ2v) is 8.03. The van der Waals surface area contributed by atoms with Gasteiger partial charge in [-0.3, -0.25) is 8.78 Å². The van der Waals surface area contributed by atoms with E-state index in [4.69, 9.17) is 0 Å². The van der Waals surface area contributed by atoms with E-state index in [1.165, 1.54) is 12.4 Å². The zero-order valence-corrected chi connectivity index (χ0v) is 18.3. The maximum Gasteiger partial charge on any atom is 0.319 e. The summed E-state index contributed by atoms with van der Waals surface area (Å²) in [6.07, 6.45) is 6.47. The molecule has 0 aromatic carbocycles. The fourth-order valence-corrected chi connectivity index (χ4v) is 4.41. The smallest absolute Gasteiger partial charge is 0.319 e. The van der Waals surface area contributed by atoms with Crippen molar-refractivity contribution in [1.29, 1.82) is 0 Å². The van der Waals surface area contributed by atoms with Gasteiger partial charge >= 0.3 is 6.55 Å². The van der Waals surface area contributed by atoms with E-state index in [9.17, 15) is 13.0 Å². The summed E-state index contributed by atoms with van der Waals surface area (Å²) >= 11 is 0. The molecular formula is C16H28F2IN5OS. The highest BCUT2D eigenvalue weighted by atomic mass is 127. The molecule has 1 aromatic heterocycles. The lowest BCUT2D eigenvalue weighted by atomic mass is 9.95. The molecule has 0 bridgehead atoms. The Morgan fingerprint density at radius 2 is 2.23 bits per heavy atom. The minimum Gasteiger partial charge on any atom is -0.357 e. The van der Waals surface area contributed by atoms with E-state index in [1.807, 2.05) is 13.8 Å². The Balaban J connectivity index is 0.00000338. The molecule has 1 aliphatic rings. The molecule has 1 fully saturated rings. The molecule has 0 saturated heterocycles. The Labute approximate surface area is 173 Å². The van der Waals surface area contributed by atoms with Crippen LogP contribution in [0.5, 0.6) is 0 Å². The van der Waals surface area contributed by atoms with Crippen LogP contribution in [0.2, 0.25) is 0 Å². The van der Waals surface area contributed by atoms with E-state index in [1.54, 1.807) is 0 Å². The van der Waals surface area contributed by atoms with Gasteiger partial charge < -0.3 is 10.6 Å². The summed E-state index contributed by atoms with van der Waals surface area (Å²) in [5.74, 6) is 1.49. The molecule has 1 aliphatic carbocycles. The SMILES string of the molecule is CCNC(=NCc1nccn1C(F)F)NC1CCCC(S(=O)CC)C1.I. The van der Waals surface area contributed by atoms with Crippen molar-refractivity contribution in [2.45, 2.75) is 63.9 Å². The molecule has 0 spiro atoms. The van der Waals surface area contributed by atoms with Gasteiger partial charge in [-0.1, -0.05) is 13.3 Å². The topological polar surface area (TPSA) is 71.3 Å². The van der Waals surface area contributed by atoms with Gasteiger partial charge in [0.25, 0.3) is 0 Å². The molecule has 1 aromatic rings. The van der Waals surface area contributed by atoms with Gasteiger partial charge in [-0.15, -0.1) is 24.0 Å². The lowest BCUT2D eigenvalue weighted by Crippen LogP contribution is -2.46. The quantitative estimate of drug-likeness (QED) is 0.341. The standard InChI is InChI=1S/C16H27F2N5OS.HI/c1-3-19-16(21-11-14-20-8-9-23(14)15(17)18)22-12-6-5-7-13(10-12)25(24)4-2;/h8-9,12-13,15H,3-7,10-11H2,1-2H3,(H2,19,21,22);1H. The summed E-state index contributed by atoms with van der Waals surface area (Å²) in [5.41, 5.74) is 0. The first-order valence-electron chi connectivity index (χ1n) is 8.77. The molecule has 26 heavy (non-hydrogen) atoms. The number of halogens is 3. The van der Waals surface area contributed by atoms with Gasteiger partial charge in [0.05, 0.1) is 0 Å². The lowest BCUT2D eigenvalue weighted by molar-refractivity contribution is 0.0671. The zero-order chi connectivity index (χ0) is 18.2. The number of hydrogen-bond acceptors (Lipinski definition) is 3. The highest BCUT2D eigenvalue weighted by molar-refractivity contribution is 14.0. The number of aromatic nitrogens is 2. The predicted octanol–water partition coefficient (Wildman–Crippen LogP) is 3.03. The summed E-state index contributed by atoms with van der Waals surface area (Å²) in [6, 6.07) is 0.196. The third-order valence-electron chi connectivity index (χ3n) is 4.31. The van der Waals surface area contributed by atoms with Gasteiger partial charge in [0.2, 0.25) is 0 Å². The number of aliphatic imine (C=N–C) groups is 1. The third-order valence-corrected chi connectivity index (χ3v) is 6.05. The Kier molecular flexibility index (Phi) is 10.6. The van der Waals surface area contributed by atoms with Gasteiger partial charge in [0.1, 0.15) is 12.4 Å². The molecule has 0 aliphatic heterocycles. The first-order valence-corrected chi connectivity index (χ1v) is 10.1. The van der Waals surface area contributed by atoms with Crippen LogP contribution in [0.1, 0.15) is 51.9 Å². The fourth-order valence-electron chi connectivity index (χ4n) is 3.06. The van der Waals surface area contributed by atoms with Gasteiger partial charge in [-0.25, -0.2) is 9.98 Å². The van der Waals surface area contributed by atoms with Crippen LogP contribution in [-0.4, -0.2) is 43.3 Å². The Bertz CT molecular complexity index is 599. The van der Waals surface area contributed by atoms with Crippen molar-refractivity contribution in [3.05, 3.63) is 18.2 Å². The van der Waals surface area contributed by atoms with Crippen LogP contribution in [-0.2, 0) is 17.3 Å². The van der Waals surface area contributed by atoms with Crippen molar-refractivity contribution < 1.29 is 13.0 Å². The average Bonchev–Trinajstić information content (AvgIpc) is 3.08. The molecule has 2 N–H and O–H groups in total. The summed E-state index contributed by atoms with van der Waals surface area (Å²) in [6.45, 7) is 2.03. The highest BCUT2D eigenvalue weighted by Crippen LogP contribution is 2.23. The zero-order valence-electron chi connectivity index (χ0n) is 15.2. The molecule has 3 unspecified atom stereocenters. The van der Waals surface area contributed by atoms with Crippen LogP contribution in [0.25, 0.3) is 0 Å². The summed E-state index contributed by atoms with van der Waals surface area (Å²) in [5, 5.41) is 6.71. The summed E-state index contributed by atoms with van der Waals surface area (Å²) < 4.78 is 38.6. The number of alkyl halides is 2.